The first-order valence-corrected chi connectivity index (χ1v) is 9.77. The summed E-state index contributed by atoms with van der Waals surface area (Å²) in [6.45, 7) is 8.03. The lowest BCUT2D eigenvalue weighted by Gasteiger charge is -2.23. The number of aliphatic imine (C=N–C) groups is 1. The van der Waals surface area contributed by atoms with E-state index in [0.29, 0.717) is 18.8 Å². The zero-order chi connectivity index (χ0) is 19.1. The molecule has 0 aromatic carbocycles. The van der Waals surface area contributed by atoms with Crippen LogP contribution in [0, 0.1) is 0 Å². The molecule has 3 rings (SSSR count). The predicted molar refractivity (Wildman–Crippen MR) is 96.8 cm³/mol. The number of rotatable bonds is 5. The third-order valence-corrected chi connectivity index (χ3v) is 5.66. The van der Waals surface area contributed by atoms with Gasteiger partial charge >= 0.3 is 0 Å². The van der Waals surface area contributed by atoms with Crippen LogP contribution in [0.2, 0.25) is 0 Å². The van der Waals surface area contributed by atoms with Crippen molar-refractivity contribution in [2.45, 2.75) is 70.0 Å². The molecule has 0 unspecified atom stereocenters. The minimum absolute atomic E-state index is 0.148. The van der Waals surface area contributed by atoms with Crippen LogP contribution in [0.1, 0.15) is 34.1 Å². The highest BCUT2D eigenvalue weighted by Gasteiger charge is 2.50. The van der Waals surface area contributed by atoms with Crippen molar-refractivity contribution in [3.05, 3.63) is 0 Å². The Morgan fingerprint density at radius 3 is 2.62 bits per heavy atom. The summed E-state index contributed by atoms with van der Waals surface area (Å²) in [5.41, 5.74) is 0. The van der Waals surface area contributed by atoms with Crippen molar-refractivity contribution >= 4 is 22.7 Å². The second kappa shape index (κ2) is 7.37. The van der Waals surface area contributed by atoms with E-state index in [9.17, 15) is 4.79 Å². The van der Waals surface area contributed by atoms with Crippen molar-refractivity contribution in [2.24, 2.45) is 4.99 Å². The van der Waals surface area contributed by atoms with Gasteiger partial charge in [-0.2, -0.15) is 0 Å². The second-order valence-corrected chi connectivity index (χ2v) is 8.67. The third-order valence-electron chi connectivity index (χ3n) is 4.57. The molecule has 0 spiro atoms. The maximum atomic E-state index is 12.2. The SMILES string of the molecule is CON(C)C(=O)[C@@H]1CSC(C[C@H]2OC(C)(C)O[C@@H]2[C@H]2COC(C)(C)O2)=N1. The lowest BCUT2D eigenvalue weighted by molar-refractivity contribution is -0.174. The summed E-state index contributed by atoms with van der Waals surface area (Å²) >= 11 is 1.58. The van der Waals surface area contributed by atoms with Crippen LogP contribution in [0.25, 0.3) is 0 Å². The number of ether oxygens (including phenoxy) is 4. The first-order valence-electron chi connectivity index (χ1n) is 8.79. The number of carbonyl (C=O) groups excluding carboxylic acids is 1. The first kappa shape index (κ1) is 20.0. The Morgan fingerprint density at radius 2 is 2.00 bits per heavy atom. The van der Waals surface area contributed by atoms with E-state index in [0.717, 1.165) is 5.04 Å². The molecule has 0 radical (unpaired) electrons. The summed E-state index contributed by atoms with van der Waals surface area (Å²) < 4.78 is 23.8. The van der Waals surface area contributed by atoms with Gasteiger partial charge in [-0.15, -0.1) is 11.8 Å². The minimum Gasteiger partial charge on any atom is -0.348 e. The molecule has 3 aliphatic heterocycles. The Kier molecular flexibility index (Phi) is 5.68. The summed E-state index contributed by atoms with van der Waals surface area (Å²) in [7, 11) is 3.05. The fourth-order valence-corrected chi connectivity index (χ4v) is 4.40. The van der Waals surface area contributed by atoms with Gasteiger partial charge in [-0.05, 0) is 27.7 Å². The average molecular weight is 388 g/mol. The summed E-state index contributed by atoms with van der Waals surface area (Å²) in [4.78, 5) is 21.7. The monoisotopic (exact) mass is 388 g/mol. The summed E-state index contributed by atoms with van der Waals surface area (Å²) in [5.74, 6) is -0.849. The van der Waals surface area contributed by atoms with E-state index in [1.165, 1.54) is 12.2 Å². The molecule has 0 bridgehead atoms. The molecular weight excluding hydrogens is 360 g/mol. The lowest BCUT2D eigenvalue weighted by Crippen LogP contribution is -2.39. The van der Waals surface area contributed by atoms with Crippen LogP contribution < -0.4 is 0 Å². The topological polar surface area (TPSA) is 78.8 Å². The van der Waals surface area contributed by atoms with Gasteiger partial charge < -0.3 is 18.9 Å². The van der Waals surface area contributed by atoms with E-state index in [-0.39, 0.29) is 24.2 Å². The molecule has 0 saturated carbocycles. The molecule has 2 fully saturated rings. The van der Waals surface area contributed by atoms with Gasteiger partial charge in [-0.1, -0.05) is 0 Å². The quantitative estimate of drug-likeness (QED) is 0.662. The molecule has 2 saturated heterocycles. The molecule has 9 heteroatoms. The molecule has 0 N–H and O–H groups in total. The summed E-state index contributed by atoms with van der Waals surface area (Å²) in [6.07, 6.45) is -0.0560. The average Bonchev–Trinajstić information content (AvgIpc) is 3.23. The minimum atomic E-state index is -0.694. The second-order valence-electron chi connectivity index (χ2n) is 7.58. The number of hydrogen-bond donors (Lipinski definition) is 0. The van der Waals surface area contributed by atoms with E-state index in [1.807, 2.05) is 27.7 Å². The Bertz CT molecular complexity index is 582. The number of likely N-dealkylation sites (N-methyl/N-ethyl adjacent to an activating group) is 1. The number of thioether (sulfide) groups is 1. The van der Waals surface area contributed by atoms with Crippen molar-refractivity contribution in [3.63, 3.8) is 0 Å². The van der Waals surface area contributed by atoms with Gasteiger partial charge in [0, 0.05) is 19.2 Å². The molecule has 4 atom stereocenters. The lowest BCUT2D eigenvalue weighted by atomic mass is 10.1. The van der Waals surface area contributed by atoms with Crippen LogP contribution in [0.4, 0.5) is 0 Å². The van der Waals surface area contributed by atoms with Crippen molar-refractivity contribution in [1.82, 2.24) is 5.06 Å². The normalized spacial score (nSPS) is 35.5. The Labute approximate surface area is 158 Å². The molecule has 8 nitrogen and oxygen atoms in total. The van der Waals surface area contributed by atoms with Crippen molar-refractivity contribution < 1.29 is 28.6 Å². The molecule has 0 aromatic heterocycles. The van der Waals surface area contributed by atoms with E-state index in [1.54, 1.807) is 18.8 Å². The maximum Gasteiger partial charge on any atom is 0.271 e. The van der Waals surface area contributed by atoms with Gasteiger partial charge in [-0.3, -0.25) is 14.6 Å². The largest absolute Gasteiger partial charge is 0.348 e. The molecule has 0 aromatic rings. The van der Waals surface area contributed by atoms with Gasteiger partial charge in [0.25, 0.3) is 5.91 Å². The Balaban J connectivity index is 1.66. The van der Waals surface area contributed by atoms with Crippen LogP contribution in [0.3, 0.4) is 0 Å². The molecule has 3 aliphatic rings. The standard InChI is InChI=1S/C17H28N2O6S/c1-16(2)22-8-12(24-16)14-11(23-17(3,4)25-14)7-13-18-10(9-26-13)15(20)19(5)21-6/h10-12,14H,7-9H2,1-6H3/t10-,11+,12+,14-/m0/s1. The molecule has 3 heterocycles. The van der Waals surface area contributed by atoms with Crippen molar-refractivity contribution in [3.8, 4) is 0 Å². The van der Waals surface area contributed by atoms with E-state index < -0.39 is 17.6 Å². The Morgan fingerprint density at radius 1 is 1.27 bits per heavy atom. The van der Waals surface area contributed by atoms with Crippen molar-refractivity contribution in [2.75, 3.05) is 26.5 Å². The Hall–Kier alpha value is -0.710. The van der Waals surface area contributed by atoms with Gasteiger partial charge in [-0.25, -0.2) is 5.06 Å². The van der Waals surface area contributed by atoms with E-state index in [4.69, 9.17) is 23.8 Å². The highest BCUT2D eigenvalue weighted by atomic mass is 32.2. The van der Waals surface area contributed by atoms with Gasteiger partial charge in [0.1, 0.15) is 18.2 Å². The van der Waals surface area contributed by atoms with Gasteiger partial charge in [0.05, 0.1) is 24.9 Å². The number of carbonyl (C=O) groups is 1. The highest BCUT2D eigenvalue weighted by Crippen LogP contribution is 2.38. The van der Waals surface area contributed by atoms with Crippen LogP contribution in [-0.4, -0.2) is 78.5 Å². The number of amides is 1. The van der Waals surface area contributed by atoms with Crippen LogP contribution >= 0.6 is 11.8 Å². The van der Waals surface area contributed by atoms with Gasteiger partial charge in [0.2, 0.25) is 0 Å². The third kappa shape index (κ3) is 4.40. The summed E-state index contributed by atoms with van der Waals surface area (Å²) in [6, 6.07) is -0.418. The molecule has 0 aliphatic carbocycles. The van der Waals surface area contributed by atoms with Crippen LogP contribution in [-0.2, 0) is 28.6 Å². The fourth-order valence-electron chi connectivity index (χ4n) is 3.35. The fraction of sp³-hybridized carbons (Fsp3) is 0.882. The first-order chi connectivity index (χ1) is 12.1. The molecule has 1 amide bonds. The highest BCUT2D eigenvalue weighted by molar-refractivity contribution is 8.14. The van der Waals surface area contributed by atoms with Crippen LogP contribution in [0.5, 0.6) is 0 Å². The smallest absolute Gasteiger partial charge is 0.271 e. The van der Waals surface area contributed by atoms with Gasteiger partial charge in [0.15, 0.2) is 11.6 Å². The zero-order valence-corrected chi connectivity index (χ0v) is 17.0. The van der Waals surface area contributed by atoms with Crippen LogP contribution in [0.15, 0.2) is 4.99 Å². The molecule has 26 heavy (non-hydrogen) atoms. The number of hydroxylamine groups is 2. The zero-order valence-electron chi connectivity index (χ0n) is 16.2. The number of nitrogens with zero attached hydrogens (tertiary/aromatic N) is 2. The summed E-state index contributed by atoms with van der Waals surface area (Å²) in [5, 5.41) is 2.10. The molecular formula is C17H28N2O6S. The maximum absolute atomic E-state index is 12.2. The van der Waals surface area contributed by atoms with Crippen molar-refractivity contribution in [1.29, 1.82) is 0 Å². The number of hydrogen-bond acceptors (Lipinski definition) is 8. The predicted octanol–water partition coefficient (Wildman–Crippen LogP) is 1.58. The van der Waals surface area contributed by atoms with E-state index in [2.05, 4.69) is 4.99 Å². The molecule has 148 valence electrons. The van der Waals surface area contributed by atoms with E-state index >= 15 is 0 Å².